The quantitative estimate of drug-likeness (QED) is 0.275. The SMILES string of the molecule is CCCCCCCCCCCCCC[n+]1ccn(-c2ccccc2)c1. The van der Waals surface area contributed by atoms with E-state index in [9.17, 15) is 0 Å². The Balaban J connectivity index is 1.45. The summed E-state index contributed by atoms with van der Waals surface area (Å²) >= 11 is 0. The van der Waals surface area contributed by atoms with Crippen molar-refractivity contribution in [3.8, 4) is 5.69 Å². The Morgan fingerprint density at radius 1 is 0.720 bits per heavy atom. The van der Waals surface area contributed by atoms with E-state index in [1.807, 2.05) is 0 Å². The first-order valence-corrected chi connectivity index (χ1v) is 10.5. The summed E-state index contributed by atoms with van der Waals surface area (Å²) in [4.78, 5) is 0. The highest BCUT2D eigenvalue weighted by Crippen LogP contribution is 2.12. The van der Waals surface area contributed by atoms with E-state index >= 15 is 0 Å². The highest BCUT2D eigenvalue weighted by atomic mass is 15.1. The molecule has 138 valence electrons. The number of hydrogen-bond donors (Lipinski definition) is 0. The van der Waals surface area contributed by atoms with Crippen molar-refractivity contribution < 1.29 is 4.57 Å². The van der Waals surface area contributed by atoms with E-state index in [4.69, 9.17) is 0 Å². The Bertz CT molecular complexity index is 544. The molecule has 1 heterocycles. The summed E-state index contributed by atoms with van der Waals surface area (Å²) in [5.74, 6) is 0. The van der Waals surface area contributed by atoms with E-state index in [1.54, 1.807) is 0 Å². The van der Waals surface area contributed by atoms with Gasteiger partial charge in [-0.3, -0.25) is 0 Å². The molecule has 0 radical (unpaired) electrons. The Morgan fingerprint density at radius 2 is 1.28 bits per heavy atom. The van der Waals surface area contributed by atoms with Gasteiger partial charge in [-0.1, -0.05) is 89.3 Å². The second-order valence-corrected chi connectivity index (χ2v) is 7.28. The number of aromatic nitrogens is 2. The van der Waals surface area contributed by atoms with Crippen LogP contribution in [0.5, 0.6) is 0 Å². The van der Waals surface area contributed by atoms with E-state index in [0.29, 0.717) is 0 Å². The van der Waals surface area contributed by atoms with Gasteiger partial charge in [-0.2, -0.15) is 0 Å². The molecule has 0 N–H and O–H groups in total. The smallest absolute Gasteiger partial charge is 0.236 e. The molecule has 2 nitrogen and oxygen atoms in total. The molecule has 1 aromatic carbocycles. The number of rotatable bonds is 14. The lowest BCUT2D eigenvalue weighted by Gasteiger charge is -2.02. The van der Waals surface area contributed by atoms with Crippen LogP contribution in [0.25, 0.3) is 5.69 Å². The molecule has 0 aliphatic carbocycles. The fourth-order valence-electron chi connectivity index (χ4n) is 3.41. The van der Waals surface area contributed by atoms with Crippen molar-refractivity contribution in [3.05, 3.63) is 49.1 Å². The Labute approximate surface area is 154 Å². The third-order valence-electron chi connectivity index (χ3n) is 5.02. The second-order valence-electron chi connectivity index (χ2n) is 7.28. The van der Waals surface area contributed by atoms with Gasteiger partial charge in [-0.25, -0.2) is 9.13 Å². The molecule has 0 fully saturated rings. The molecule has 2 aromatic rings. The normalized spacial score (nSPS) is 11.1. The van der Waals surface area contributed by atoms with Crippen LogP contribution in [-0.4, -0.2) is 4.57 Å². The predicted octanol–water partition coefficient (Wildman–Crippen LogP) is 6.47. The van der Waals surface area contributed by atoms with E-state index in [2.05, 4.69) is 65.1 Å². The van der Waals surface area contributed by atoms with E-state index in [0.717, 1.165) is 6.54 Å². The fourth-order valence-corrected chi connectivity index (χ4v) is 3.41. The molecule has 2 rings (SSSR count). The Morgan fingerprint density at radius 3 is 1.88 bits per heavy atom. The van der Waals surface area contributed by atoms with E-state index in [-0.39, 0.29) is 0 Å². The molecule has 0 unspecified atom stereocenters. The molecule has 0 spiro atoms. The molecule has 0 amide bonds. The maximum atomic E-state index is 2.31. The van der Waals surface area contributed by atoms with Crippen LogP contribution in [0, 0.1) is 0 Å². The molecule has 0 saturated carbocycles. The van der Waals surface area contributed by atoms with Gasteiger partial charge in [0.1, 0.15) is 18.1 Å². The van der Waals surface area contributed by atoms with Crippen LogP contribution in [0.3, 0.4) is 0 Å². The van der Waals surface area contributed by atoms with Crippen LogP contribution in [0.15, 0.2) is 49.1 Å². The number of imidazole rings is 1. The first kappa shape index (κ1) is 19.8. The van der Waals surface area contributed by atoms with Crippen LogP contribution in [0.2, 0.25) is 0 Å². The maximum absolute atomic E-state index is 2.31. The molecular weight excluding hydrogens is 304 g/mol. The van der Waals surface area contributed by atoms with Gasteiger partial charge in [0.2, 0.25) is 6.33 Å². The van der Waals surface area contributed by atoms with Crippen molar-refractivity contribution in [2.75, 3.05) is 0 Å². The molecule has 2 heteroatoms. The van der Waals surface area contributed by atoms with Gasteiger partial charge in [-0.05, 0) is 25.0 Å². The predicted molar refractivity (Wildman–Crippen MR) is 107 cm³/mol. The van der Waals surface area contributed by atoms with Crippen molar-refractivity contribution >= 4 is 0 Å². The summed E-state index contributed by atoms with van der Waals surface area (Å²) in [6, 6.07) is 10.5. The number of para-hydroxylation sites is 1. The maximum Gasteiger partial charge on any atom is 0.248 e. The first-order valence-electron chi connectivity index (χ1n) is 10.5. The van der Waals surface area contributed by atoms with Crippen LogP contribution in [0.1, 0.15) is 84.0 Å². The van der Waals surface area contributed by atoms with Crippen molar-refractivity contribution in [2.45, 2.75) is 90.5 Å². The summed E-state index contributed by atoms with van der Waals surface area (Å²) < 4.78 is 4.50. The molecule has 0 atom stereocenters. The van der Waals surface area contributed by atoms with E-state index in [1.165, 1.54) is 82.7 Å². The summed E-state index contributed by atoms with van der Waals surface area (Å²) in [5, 5.41) is 0. The minimum Gasteiger partial charge on any atom is -0.236 e. The number of nitrogens with zero attached hydrogens (tertiary/aromatic N) is 2. The van der Waals surface area contributed by atoms with Crippen molar-refractivity contribution in [1.82, 2.24) is 4.57 Å². The van der Waals surface area contributed by atoms with Gasteiger partial charge >= 0.3 is 0 Å². The zero-order chi connectivity index (χ0) is 17.6. The van der Waals surface area contributed by atoms with Crippen LogP contribution >= 0.6 is 0 Å². The average Bonchev–Trinajstić information content (AvgIpc) is 3.12. The third-order valence-corrected chi connectivity index (χ3v) is 5.02. The molecule has 25 heavy (non-hydrogen) atoms. The number of hydrogen-bond acceptors (Lipinski definition) is 0. The average molecular weight is 342 g/mol. The molecule has 0 aliphatic rings. The lowest BCUT2D eigenvalue weighted by Crippen LogP contribution is -2.30. The summed E-state index contributed by atoms with van der Waals surface area (Å²) in [5.41, 5.74) is 1.23. The minimum absolute atomic E-state index is 1.14. The van der Waals surface area contributed by atoms with Crippen molar-refractivity contribution in [3.63, 3.8) is 0 Å². The van der Waals surface area contributed by atoms with Crippen LogP contribution < -0.4 is 4.57 Å². The van der Waals surface area contributed by atoms with Gasteiger partial charge < -0.3 is 0 Å². The van der Waals surface area contributed by atoms with Crippen LogP contribution in [-0.2, 0) is 6.54 Å². The Hall–Kier alpha value is -1.57. The number of unbranched alkanes of at least 4 members (excludes halogenated alkanes) is 11. The highest BCUT2D eigenvalue weighted by Gasteiger charge is 2.05. The Kier molecular flexibility index (Phi) is 10.1. The molecular formula is C23H37N2+. The second kappa shape index (κ2) is 12.7. The molecule has 1 aromatic heterocycles. The van der Waals surface area contributed by atoms with Gasteiger partial charge in [-0.15, -0.1) is 0 Å². The lowest BCUT2D eigenvalue weighted by molar-refractivity contribution is -0.696. The topological polar surface area (TPSA) is 8.81 Å². The van der Waals surface area contributed by atoms with Crippen LogP contribution in [0.4, 0.5) is 0 Å². The first-order chi connectivity index (χ1) is 12.4. The van der Waals surface area contributed by atoms with Gasteiger partial charge in [0, 0.05) is 0 Å². The van der Waals surface area contributed by atoms with Gasteiger partial charge in [0.25, 0.3) is 0 Å². The van der Waals surface area contributed by atoms with Crippen molar-refractivity contribution in [1.29, 1.82) is 0 Å². The zero-order valence-corrected chi connectivity index (χ0v) is 16.2. The van der Waals surface area contributed by atoms with Gasteiger partial charge in [0.15, 0.2) is 0 Å². The fraction of sp³-hybridized carbons (Fsp3) is 0.609. The van der Waals surface area contributed by atoms with E-state index < -0.39 is 0 Å². The van der Waals surface area contributed by atoms with Gasteiger partial charge in [0.05, 0.1) is 6.54 Å². The lowest BCUT2D eigenvalue weighted by atomic mass is 10.1. The standard InChI is InChI=1S/C23H37N2/c1-2-3-4-5-6-7-8-9-10-11-12-16-19-24-20-21-25(22-24)23-17-14-13-15-18-23/h13-15,17-18,20-22H,2-12,16,19H2,1H3/q+1. The zero-order valence-electron chi connectivity index (χ0n) is 16.2. The number of aryl methyl sites for hydroxylation is 1. The monoisotopic (exact) mass is 341 g/mol. The number of benzene rings is 1. The summed E-state index contributed by atoms with van der Waals surface area (Å²) in [6.07, 6.45) is 23.5. The third kappa shape index (κ3) is 8.38. The molecule has 0 aliphatic heterocycles. The van der Waals surface area contributed by atoms with Crippen molar-refractivity contribution in [2.24, 2.45) is 0 Å². The largest absolute Gasteiger partial charge is 0.248 e. The molecule has 0 bridgehead atoms. The summed E-state index contributed by atoms with van der Waals surface area (Å²) in [7, 11) is 0. The highest BCUT2D eigenvalue weighted by molar-refractivity contribution is 5.30. The summed E-state index contributed by atoms with van der Waals surface area (Å²) in [6.45, 7) is 3.43. The minimum atomic E-state index is 1.14. The molecule has 0 saturated heterocycles.